The van der Waals surface area contributed by atoms with E-state index in [1.54, 1.807) is 0 Å². The van der Waals surface area contributed by atoms with Crippen LogP contribution in [0.4, 0.5) is 0 Å². The van der Waals surface area contributed by atoms with Gasteiger partial charge in [0, 0.05) is 17.0 Å². The summed E-state index contributed by atoms with van der Waals surface area (Å²) in [4.78, 5) is 1.44. The average Bonchev–Trinajstić information content (AvgIpc) is 2.76. The smallest absolute Gasteiger partial charge is 0.0393 e. The molecule has 2 aromatic rings. The zero-order valence-corrected chi connectivity index (χ0v) is 12.3. The van der Waals surface area contributed by atoms with Gasteiger partial charge in [-0.1, -0.05) is 24.3 Å². The highest BCUT2D eigenvalue weighted by Gasteiger charge is 2.14. The molecule has 2 rings (SSSR count). The Kier molecular flexibility index (Phi) is 4.20. The van der Waals surface area contributed by atoms with Crippen molar-refractivity contribution in [1.29, 1.82) is 0 Å². The topological polar surface area (TPSA) is 12.0 Å². The third kappa shape index (κ3) is 2.82. The summed E-state index contributed by atoms with van der Waals surface area (Å²) in [7, 11) is 0. The second-order valence-corrected chi connectivity index (χ2v) is 5.88. The van der Waals surface area contributed by atoms with Gasteiger partial charge < -0.3 is 5.32 Å². The van der Waals surface area contributed by atoms with Gasteiger partial charge in [0.2, 0.25) is 0 Å². The molecule has 0 spiro atoms. The number of rotatable bonds is 4. The monoisotopic (exact) mass is 259 g/mol. The van der Waals surface area contributed by atoms with E-state index in [4.69, 9.17) is 0 Å². The number of hydrogen-bond donors (Lipinski definition) is 1. The van der Waals surface area contributed by atoms with Crippen molar-refractivity contribution in [3.63, 3.8) is 0 Å². The molecule has 0 amide bonds. The van der Waals surface area contributed by atoms with Crippen LogP contribution in [0, 0.1) is 13.8 Å². The number of thiophene rings is 1. The van der Waals surface area contributed by atoms with Gasteiger partial charge in [-0.05, 0) is 55.8 Å². The lowest BCUT2D eigenvalue weighted by atomic mass is 10.0. The van der Waals surface area contributed by atoms with Gasteiger partial charge in [0.05, 0.1) is 0 Å². The quantitative estimate of drug-likeness (QED) is 0.833. The van der Waals surface area contributed by atoms with Crippen molar-refractivity contribution < 1.29 is 0 Å². The third-order valence-corrected chi connectivity index (χ3v) is 4.65. The second kappa shape index (κ2) is 5.68. The van der Waals surface area contributed by atoms with Crippen LogP contribution >= 0.6 is 11.3 Å². The summed E-state index contributed by atoms with van der Waals surface area (Å²) in [6.45, 7) is 8.84. The summed E-state index contributed by atoms with van der Waals surface area (Å²) in [6.07, 6.45) is 0. The van der Waals surface area contributed by atoms with Gasteiger partial charge in [-0.25, -0.2) is 0 Å². The van der Waals surface area contributed by atoms with Gasteiger partial charge in [0.1, 0.15) is 0 Å². The minimum Gasteiger partial charge on any atom is -0.303 e. The van der Waals surface area contributed by atoms with E-state index < -0.39 is 0 Å². The molecule has 0 saturated heterocycles. The summed E-state index contributed by atoms with van der Waals surface area (Å²) >= 11 is 1.84. The van der Waals surface area contributed by atoms with Crippen LogP contribution in [0.1, 0.15) is 47.5 Å². The van der Waals surface area contributed by atoms with Crippen LogP contribution in [-0.2, 0) is 0 Å². The molecule has 1 unspecified atom stereocenters. The van der Waals surface area contributed by atoms with Crippen molar-refractivity contribution in [2.45, 2.75) is 39.8 Å². The minimum absolute atomic E-state index is 0.377. The number of aryl methyl sites for hydroxylation is 2. The van der Waals surface area contributed by atoms with Crippen molar-refractivity contribution in [2.24, 2.45) is 0 Å². The molecule has 2 atom stereocenters. The molecular weight excluding hydrogens is 238 g/mol. The predicted octanol–water partition coefficient (Wildman–Crippen LogP) is 4.78. The molecule has 1 nitrogen and oxygen atoms in total. The van der Waals surface area contributed by atoms with Crippen LogP contribution in [0.15, 0.2) is 35.7 Å². The summed E-state index contributed by atoms with van der Waals surface area (Å²) in [5.74, 6) is 0. The van der Waals surface area contributed by atoms with Gasteiger partial charge in [-0.15, -0.1) is 11.3 Å². The molecule has 0 radical (unpaired) electrons. The molecule has 1 aromatic carbocycles. The summed E-state index contributed by atoms with van der Waals surface area (Å²) in [5.41, 5.74) is 4.13. The first-order valence-corrected chi connectivity index (χ1v) is 7.33. The molecule has 1 aromatic heterocycles. The molecule has 0 fully saturated rings. The van der Waals surface area contributed by atoms with E-state index in [9.17, 15) is 0 Å². The first kappa shape index (κ1) is 13.3. The molecule has 1 N–H and O–H groups in total. The van der Waals surface area contributed by atoms with Crippen LogP contribution in [0.5, 0.6) is 0 Å². The Labute approximate surface area is 114 Å². The number of benzene rings is 1. The molecule has 0 aliphatic carbocycles. The second-order valence-electron chi connectivity index (χ2n) is 4.93. The fraction of sp³-hybridized carbons (Fsp3) is 0.375. The molecule has 2 heteroatoms. The molecule has 0 aliphatic heterocycles. The zero-order valence-electron chi connectivity index (χ0n) is 11.5. The van der Waals surface area contributed by atoms with Gasteiger partial charge in [-0.2, -0.15) is 0 Å². The average molecular weight is 259 g/mol. The first-order valence-electron chi connectivity index (χ1n) is 6.45. The van der Waals surface area contributed by atoms with Crippen molar-refractivity contribution in [3.8, 4) is 0 Å². The van der Waals surface area contributed by atoms with Gasteiger partial charge in [-0.3, -0.25) is 0 Å². The maximum absolute atomic E-state index is 3.69. The standard InChI is InChI=1S/C16H21NS/c1-11-7-5-6-8-15(11)13(3)17-14(4)16-12(2)9-10-18-16/h5-10,13-14,17H,1-4H3/t13-,14?/m1/s1. The lowest BCUT2D eigenvalue weighted by molar-refractivity contribution is 0.497. The predicted molar refractivity (Wildman–Crippen MR) is 80.2 cm³/mol. The number of nitrogens with one attached hydrogen (secondary N) is 1. The highest BCUT2D eigenvalue weighted by Crippen LogP contribution is 2.26. The maximum Gasteiger partial charge on any atom is 0.0393 e. The molecule has 1 heterocycles. The van der Waals surface area contributed by atoms with Crippen molar-refractivity contribution in [2.75, 3.05) is 0 Å². The first-order chi connectivity index (χ1) is 8.59. The Morgan fingerprint density at radius 2 is 1.67 bits per heavy atom. The Balaban J connectivity index is 2.11. The fourth-order valence-corrected chi connectivity index (χ4v) is 3.39. The largest absolute Gasteiger partial charge is 0.303 e. The lowest BCUT2D eigenvalue weighted by Crippen LogP contribution is -2.22. The molecule has 0 aliphatic rings. The van der Waals surface area contributed by atoms with E-state index in [1.165, 1.54) is 21.6 Å². The van der Waals surface area contributed by atoms with Gasteiger partial charge in [0.15, 0.2) is 0 Å². The fourth-order valence-electron chi connectivity index (χ4n) is 2.44. The Bertz CT molecular complexity index is 515. The zero-order chi connectivity index (χ0) is 13.1. The Morgan fingerprint density at radius 1 is 0.944 bits per heavy atom. The van der Waals surface area contributed by atoms with E-state index in [1.807, 2.05) is 11.3 Å². The van der Waals surface area contributed by atoms with E-state index in [2.05, 4.69) is 68.7 Å². The molecule has 96 valence electrons. The molecule has 18 heavy (non-hydrogen) atoms. The third-order valence-electron chi connectivity index (χ3n) is 3.45. The highest BCUT2D eigenvalue weighted by molar-refractivity contribution is 7.10. The Hall–Kier alpha value is -1.12. The Morgan fingerprint density at radius 3 is 2.28 bits per heavy atom. The normalized spacial score (nSPS) is 14.4. The molecular formula is C16H21NS. The van der Waals surface area contributed by atoms with Crippen LogP contribution in [0.25, 0.3) is 0 Å². The van der Waals surface area contributed by atoms with Crippen LogP contribution < -0.4 is 5.32 Å². The van der Waals surface area contributed by atoms with E-state index in [0.29, 0.717) is 12.1 Å². The maximum atomic E-state index is 3.69. The van der Waals surface area contributed by atoms with E-state index in [-0.39, 0.29) is 0 Å². The summed E-state index contributed by atoms with van der Waals surface area (Å²) < 4.78 is 0. The molecule has 0 saturated carbocycles. The summed E-state index contributed by atoms with van der Waals surface area (Å²) in [6, 6.07) is 11.6. The lowest BCUT2D eigenvalue weighted by Gasteiger charge is -2.21. The van der Waals surface area contributed by atoms with Crippen LogP contribution in [0.2, 0.25) is 0 Å². The van der Waals surface area contributed by atoms with Crippen molar-refractivity contribution in [1.82, 2.24) is 5.32 Å². The van der Waals surface area contributed by atoms with Gasteiger partial charge >= 0.3 is 0 Å². The SMILES string of the molecule is Cc1ccccc1[C@@H](C)NC(C)c1sccc1C. The molecule has 0 bridgehead atoms. The van der Waals surface area contributed by atoms with Crippen molar-refractivity contribution in [3.05, 3.63) is 57.3 Å². The number of hydrogen-bond acceptors (Lipinski definition) is 2. The van der Waals surface area contributed by atoms with E-state index >= 15 is 0 Å². The van der Waals surface area contributed by atoms with Crippen LogP contribution in [0.3, 0.4) is 0 Å². The van der Waals surface area contributed by atoms with E-state index in [0.717, 1.165) is 0 Å². The van der Waals surface area contributed by atoms with Gasteiger partial charge in [0.25, 0.3) is 0 Å². The van der Waals surface area contributed by atoms with Crippen molar-refractivity contribution >= 4 is 11.3 Å². The summed E-state index contributed by atoms with van der Waals surface area (Å²) in [5, 5.41) is 5.86. The highest BCUT2D eigenvalue weighted by atomic mass is 32.1. The van der Waals surface area contributed by atoms with Crippen LogP contribution in [-0.4, -0.2) is 0 Å². The minimum atomic E-state index is 0.377.